The van der Waals surface area contributed by atoms with Gasteiger partial charge in [0.05, 0.1) is 14.2 Å². The third kappa shape index (κ3) is 3.04. The van der Waals surface area contributed by atoms with Crippen molar-refractivity contribution in [1.29, 1.82) is 0 Å². The van der Waals surface area contributed by atoms with Crippen LogP contribution in [0.25, 0.3) is 0 Å². The largest absolute Gasteiger partial charge is 0.497 e. The number of nitrogens with two attached hydrogens (primary N) is 1. The second-order valence-electron chi connectivity index (χ2n) is 5.23. The van der Waals surface area contributed by atoms with Crippen molar-refractivity contribution in [2.75, 3.05) is 20.8 Å². The Morgan fingerprint density at radius 2 is 1.85 bits per heavy atom. The van der Waals surface area contributed by atoms with E-state index in [0.29, 0.717) is 23.6 Å². The number of methoxy groups -OCH3 is 2. The van der Waals surface area contributed by atoms with E-state index in [0.717, 1.165) is 12.8 Å². The van der Waals surface area contributed by atoms with Crippen LogP contribution in [0.1, 0.15) is 30.1 Å². The predicted octanol–water partition coefficient (Wildman–Crippen LogP) is 1.66. The van der Waals surface area contributed by atoms with Crippen molar-refractivity contribution in [3.8, 4) is 11.5 Å². The molecule has 0 spiro atoms. The van der Waals surface area contributed by atoms with Gasteiger partial charge in [0.25, 0.3) is 5.91 Å². The molecule has 1 aromatic rings. The minimum atomic E-state index is 0.00148. The lowest BCUT2D eigenvalue weighted by Gasteiger charge is -2.36. The van der Waals surface area contributed by atoms with E-state index in [2.05, 4.69) is 0 Å². The van der Waals surface area contributed by atoms with Gasteiger partial charge in [-0.15, -0.1) is 0 Å². The van der Waals surface area contributed by atoms with Gasteiger partial charge in [-0.1, -0.05) is 0 Å². The molecule has 110 valence electrons. The lowest BCUT2D eigenvalue weighted by Crippen LogP contribution is -2.48. The average Bonchev–Trinajstić information content (AvgIpc) is 2.46. The number of benzene rings is 1. The molecule has 1 fully saturated rings. The summed E-state index contributed by atoms with van der Waals surface area (Å²) in [5.74, 6) is 1.24. The third-order valence-electron chi connectivity index (χ3n) is 3.78. The number of ether oxygens (including phenoxy) is 2. The van der Waals surface area contributed by atoms with Gasteiger partial charge in [-0.25, -0.2) is 0 Å². The summed E-state index contributed by atoms with van der Waals surface area (Å²) in [6.45, 7) is 2.73. The van der Waals surface area contributed by atoms with E-state index >= 15 is 0 Å². The minimum absolute atomic E-state index is 0.00148. The van der Waals surface area contributed by atoms with E-state index in [1.165, 1.54) is 0 Å². The lowest BCUT2D eigenvalue weighted by molar-refractivity contribution is 0.0618. The number of hydrogen-bond donors (Lipinski definition) is 1. The number of amides is 1. The van der Waals surface area contributed by atoms with Gasteiger partial charge in [0, 0.05) is 30.3 Å². The summed E-state index contributed by atoms with van der Waals surface area (Å²) in [6.07, 6.45) is 1.68. The SMILES string of the molecule is COc1cc(OC)cc(C(=O)N2CCC(N)CC2C)c1. The highest BCUT2D eigenvalue weighted by Gasteiger charge is 2.28. The molecule has 0 radical (unpaired) electrons. The molecule has 2 N–H and O–H groups in total. The zero-order valence-corrected chi connectivity index (χ0v) is 12.3. The van der Waals surface area contributed by atoms with Crippen LogP contribution in [-0.4, -0.2) is 43.7 Å². The maximum Gasteiger partial charge on any atom is 0.254 e. The molecular formula is C15H22N2O3. The topological polar surface area (TPSA) is 64.8 Å². The number of hydrogen-bond acceptors (Lipinski definition) is 4. The molecule has 0 bridgehead atoms. The number of nitrogens with zero attached hydrogens (tertiary/aromatic N) is 1. The van der Waals surface area contributed by atoms with E-state index in [9.17, 15) is 4.79 Å². The van der Waals surface area contributed by atoms with Gasteiger partial charge in [0.1, 0.15) is 11.5 Å². The first-order valence-corrected chi connectivity index (χ1v) is 6.84. The van der Waals surface area contributed by atoms with Crippen molar-refractivity contribution in [2.24, 2.45) is 5.73 Å². The van der Waals surface area contributed by atoms with Crippen molar-refractivity contribution >= 4 is 5.91 Å². The molecule has 1 heterocycles. The third-order valence-corrected chi connectivity index (χ3v) is 3.78. The van der Waals surface area contributed by atoms with Crippen LogP contribution in [0.5, 0.6) is 11.5 Å². The van der Waals surface area contributed by atoms with Crippen molar-refractivity contribution in [3.63, 3.8) is 0 Å². The van der Waals surface area contributed by atoms with Crippen LogP contribution >= 0.6 is 0 Å². The number of piperidine rings is 1. The highest BCUT2D eigenvalue weighted by Crippen LogP contribution is 2.25. The van der Waals surface area contributed by atoms with E-state index in [1.807, 2.05) is 11.8 Å². The highest BCUT2D eigenvalue weighted by molar-refractivity contribution is 5.95. The van der Waals surface area contributed by atoms with Crippen LogP contribution in [0.3, 0.4) is 0 Å². The van der Waals surface area contributed by atoms with Gasteiger partial charge in [0.15, 0.2) is 0 Å². The van der Waals surface area contributed by atoms with Gasteiger partial charge < -0.3 is 20.1 Å². The lowest BCUT2D eigenvalue weighted by atomic mass is 9.98. The Kier molecular flexibility index (Phi) is 4.49. The van der Waals surface area contributed by atoms with E-state index in [4.69, 9.17) is 15.2 Å². The van der Waals surface area contributed by atoms with E-state index < -0.39 is 0 Å². The van der Waals surface area contributed by atoms with Gasteiger partial charge >= 0.3 is 0 Å². The van der Waals surface area contributed by atoms with Crippen LogP contribution in [-0.2, 0) is 0 Å². The number of carbonyl (C=O) groups excluding carboxylic acids is 1. The van der Waals surface area contributed by atoms with Gasteiger partial charge in [-0.05, 0) is 31.9 Å². The van der Waals surface area contributed by atoms with Crippen molar-refractivity contribution in [2.45, 2.75) is 31.8 Å². The number of rotatable bonds is 3. The minimum Gasteiger partial charge on any atom is -0.497 e. The molecular weight excluding hydrogens is 256 g/mol. The van der Waals surface area contributed by atoms with Gasteiger partial charge in [-0.2, -0.15) is 0 Å². The van der Waals surface area contributed by atoms with Crippen LogP contribution in [0.15, 0.2) is 18.2 Å². The first-order valence-electron chi connectivity index (χ1n) is 6.84. The fourth-order valence-electron chi connectivity index (χ4n) is 2.61. The first-order chi connectivity index (χ1) is 9.55. The second-order valence-corrected chi connectivity index (χ2v) is 5.23. The van der Waals surface area contributed by atoms with Crippen LogP contribution in [0.2, 0.25) is 0 Å². The summed E-state index contributed by atoms with van der Waals surface area (Å²) in [4.78, 5) is 14.5. The normalized spacial score (nSPS) is 22.5. The Balaban J connectivity index is 2.24. The molecule has 1 saturated heterocycles. The first kappa shape index (κ1) is 14.7. The monoisotopic (exact) mass is 278 g/mol. The Hall–Kier alpha value is -1.75. The molecule has 0 saturated carbocycles. The molecule has 5 nitrogen and oxygen atoms in total. The molecule has 1 aromatic carbocycles. The molecule has 5 heteroatoms. The molecule has 20 heavy (non-hydrogen) atoms. The summed E-state index contributed by atoms with van der Waals surface area (Å²) < 4.78 is 10.4. The van der Waals surface area contributed by atoms with Crippen LogP contribution in [0.4, 0.5) is 0 Å². The molecule has 0 aliphatic carbocycles. The molecule has 2 atom stereocenters. The molecule has 1 amide bonds. The highest BCUT2D eigenvalue weighted by atomic mass is 16.5. The summed E-state index contributed by atoms with van der Waals surface area (Å²) in [6, 6.07) is 5.59. The van der Waals surface area contributed by atoms with Gasteiger partial charge in [0.2, 0.25) is 0 Å². The van der Waals surface area contributed by atoms with E-state index in [-0.39, 0.29) is 18.0 Å². The number of carbonyl (C=O) groups is 1. The zero-order valence-electron chi connectivity index (χ0n) is 12.3. The van der Waals surface area contributed by atoms with Crippen molar-refractivity contribution < 1.29 is 14.3 Å². The molecule has 0 aromatic heterocycles. The standard InChI is InChI=1S/C15H22N2O3/c1-10-6-12(16)4-5-17(10)15(18)11-7-13(19-2)9-14(8-11)20-3/h7-10,12H,4-6,16H2,1-3H3. The summed E-state index contributed by atoms with van der Waals surface area (Å²) >= 11 is 0. The molecule has 1 aliphatic heterocycles. The Morgan fingerprint density at radius 3 is 2.35 bits per heavy atom. The zero-order chi connectivity index (χ0) is 14.7. The predicted molar refractivity (Wildman–Crippen MR) is 77.3 cm³/mol. The summed E-state index contributed by atoms with van der Waals surface area (Å²) in [5, 5.41) is 0. The average molecular weight is 278 g/mol. The second kappa shape index (κ2) is 6.13. The Bertz CT molecular complexity index is 468. The molecule has 1 aliphatic rings. The maximum absolute atomic E-state index is 12.6. The summed E-state index contributed by atoms with van der Waals surface area (Å²) in [5.41, 5.74) is 6.53. The van der Waals surface area contributed by atoms with Crippen LogP contribution < -0.4 is 15.2 Å². The van der Waals surface area contributed by atoms with E-state index in [1.54, 1.807) is 32.4 Å². The van der Waals surface area contributed by atoms with Crippen LogP contribution in [0, 0.1) is 0 Å². The fraction of sp³-hybridized carbons (Fsp3) is 0.533. The fourth-order valence-corrected chi connectivity index (χ4v) is 2.61. The number of likely N-dealkylation sites (tertiary alicyclic amines) is 1. The van der Waals surface area contributed by atoms with Gasteiger partial charge in [-0.3, -0.25) is 4.79 Å². The quantitative estimate of drug-likeness (QED) is 0.913. The van der Waals surface area contributed by atoms with Crippen molar-refractivity contribution in [1.82, 2.24) is 4.90 Å². The maximum atomic E-state index is 12.6. The Labute approximate surface area is 119 Å². The molecule has 2 rings (SSSR count). The molecule has 2 unspecified atom stereocenters. The Morgan fingerprint density at radius 1 is 1.25 bits per heavy atom. The smallest absolute Gasteiger partial charge is 0.254 e. The summed E-state index contributed by atoms with van der Waals surface area (Å²) in [7, 11) is 3.15. The van der Waals surface area contributed by atoms with Crippen molar-refractivity contribution in [3.05, 3.63) is 23.8 Å².